The number of aliphatic hydroxyl groups is 1. The first-order valence-electron chi connectivity index (χ1n) is 9.86. The third-order valence-electron chi connectivity index (χ3n) is 5.38. The largest absolute Gasteiger partial charge is 0.507 e. The van der Waals surface area contributed by atoms with Crippen LogP contribution in [-0.2, 0) is 9.59 Å². The Hall–Kier alpha value is -4.86. The molecule has 4 aromatic rings. The lowest BCUT2D eigenvalue weighted by Crippen LogP contribution is -2.30. The smallest absolute Gasteiger partial charge is 0.302 e. The molecule has 0 aliphatic carbocycles. The van der Waals surface area contributed by atoms with Crippen molar-refractivity contribution in [2.45, 2.75) is 6.04 Å². The highest BCUT2D eigenvalue weighted by Gasteiger charge is 2.48. The molecule has 1 amide bonds. The summed E-state index contributed by atoms with van der Waals surface area (Å²) in [7, 11) is 0. The van der Waals surface area contributed by atoms with Gasteiger partial charge in [0.1, 0.15) is 5.76 Å². The van der Waals surface area contributed by atoms with Crippen molar-refractivity contribution in [1.82, 2.24) is 15.0 Å². The second kappa shape index (κ2) is 7.68. The van der Waals surface area contributed by atoms with Crippen molar-refractivity contribution in [3.63, 3.8) is 0 Å². The van der Waals surface area contributed by atoms with Crippen LogP contribution in [0.1, 0.15) is 17.2 Å². The van der Waals surface area contributed by atoms with Gasteiger partial charge in [-0.3, -0.25) is 29.6 Å². The first-order chi connectivity index (χ1) is 16.0. The molecule has 2 aromatic heterocycles. The molecule has 1 fully saturated rings. The number of aromatic nitrogens is 3. The predicted octanol–water partition coefficient (Wildman–Crippen LogP) is 3.49. The molecular weight excluding hydrogens is 426 g/mol. The second-order valence-corrected chi connectivity index (χ2v) is 7.34. The van der Waals surface area contributed by atoms with Crippen molar-refractivity contribution >= 4 is 40.1 Å². The van der Waals surface area contributed by atoms with Crippen LogP contribution in [0, 0.1) is 10.1 Å². The number of carbonyl (C=O) groups is 2. The molecule has 1 aliphatic heterocycles. The highest BCUT2D eigenvalue weighted by atomic mass is 16.6. The van der Waals surface area contributed by atoms with Crippen LogP contribution in [0.25, 0.3) is 16.8 Å². The molecule has 1 saturated heterocycles. The first-order valence-corrected chi connectivity index (χ1v) is 9.86. The zero-order chi connectivity index (χ0) is 23.1. The van der Waals surface area contributed by atoms with Gasteiger partial charge in [0, 0.05) is 30.1 Å². The van der Waals surface area contributed by atoms with E-state index in [0.29, 0.717) is 16.6 Å². The second-order valence-electron chi connectivity index (χ2n) is 7.34. The van der Waals surface area contributed by atoms with Crippen LogP contribution in [-0.4, -0.2) is 36.7 Å². The van der Waals surface area contributed by atoms with Gasteiger partial charge in [-0.25, -0.2) is 4.98 Å². The average molecular weight is 441 g/mol. The van der Waals surface area contributed by atoms with E-state index in [-0.39, 0.29) is 22.8 Å². The van der Waals surface area contributed by atoms with Gasteiger partial charge in [0.15, 0.2) is 0 Å². The van der Waals surface area contributed by atoms with Gasteiger partial charge in [0.05, 0.1) is 27.6 Å². The number of benzene rings is 2. The molecule has 5 rings (SSSR count). The van der Waals surface area contributed by atoms with E-state index in [4.69, 9.17) is 0 Å². The highest BCUT2D eigenvalue weighted by Crippen LogP contribution is 2.41. The first kappa shape index (κ1) is 20.1. The minimum Gasteiger partial charge on any atom is -0.507 e. The number of amides is 1. The number of nitrogens with zero attached hydrogens (tertiary/aromatic N) is 4. The summed E-state index contributed by atoms with van der Waals surface area (Å²) < 4.78 is 0. The summed E-state index contributed by atoms with van der Waals surface area (Å²) in [4.78, 5) is 49.5. The fourth-order valence-corrected chi connectivity index (χ4v) is 3.88. The van der Waals surface area contributed by atoms with Gasteiger partial charge in [0.25, 0.3) is 11.5 Å². The number of para-hydroxylation sites is 2. The molecule has 10 nitrogen and oxygen atoms in total. The number of anilines is 1. The Morgan fingerprint density at radius 2 is 1.91 bits per heavy atom. The Bertz CT molecular complexity index is 1430. The van der Waals surface area contributed by atoms with Crippen LogP contribution >= 0.6 is 0 Å². The van der Waals surface area contributed by atoms with Gasteiger partial charge < -0.3 is 10.1 Å². The monoisotopic (exact) mass is 441 g/mol. The van der Waals surface area contributed by atoms with Crippen molar-refractivity contribution in [2.24, 2.45) is 0 Å². The van der Waals surface area contributed by atoms with E-state index in [0.717, 1.165) is 6.07 Å². The van der Waals surface area contributed by atoms with Crippen LogP contribution in [0.5, 0.6) is 0 Å². The zero-order valence-electron chi connectivity index (χ0n) is 16.9. The van der Waals surface area contributed by atoms with Crippen LogP contribution < -0.4 is 4.90 Å². The summed E-state index contributed by atoms with van der Waals surface area (Å²) in [6.45, 7) is 0. The topological polar surface area (TPSA) is 142 Å². The van der Waals surface area contributed by atoms with E-state index < -0.39 is 28.4 Å². The van der Waals surface area contributed by atoms with Gasteiger partial charge >= 0.3 is 5.91 Å². The van der Waals surface area contributed by atoms with E-state index in [1.54, 1.807) is 36.4 Å². The van der Waals surface area contributed by atoms with Gasteiger partial charge in [-0.15, -0.1) is 0 Å². The number of ketones is 1. The highest BCUT2D eigenvalue weighted by molar-refractivity contribution is 6.51. The summed E-state index contributed by atoms with van der Waals surface area (Å²) in [6.07, 6.45) is 3.02. The number of non-ortho nitro benzene ring substituents is 1. The van der Waals surface area contributed by atoms with Crippen LogP contribution in [0.3, 0.4) is 0 Å². The molecular formula is C23H15N5O5. The predicted molar refractivity (Wildman–Crippen MR) is 118 cm³/mol. The normalized spacial score (nSPS) is 17.6. The number of nitro groups is 1. The van der Waals surface area contributed by atoms with Crippen molar-refractivity contribution in [3.8, 4) is 0 Å². The SMILES string of the molecule is O=C1C(=O)N(c2nc3ccccc3[nH]2)C(c2cccnc2)/C1=C(\O)c1cccc([N+](=O)[O-])c1. The molecule has 33 heavy (non-hydrogen) atoms. The van der Waals surface area contributed by atoms with E-state index >= 15 is 0 Å². The van der Waals surface area contributed by atoms with Crippen LogP contribution in [0.2, 0.25) is 0 Å². The fourth-order valence-electron chi connectivity index (χ4n) is 3.88. The van der Waals surface area contributed by atoms with Crippen molar-refractivity contribution < 1.29 is 19.6 Å². The molecule has 2 aromatic carbocycles. The maximum absolute atomic E-state index is 13.1. The molecule has 0 saturated carbocycles. The van der Waals surface area contributed by atoms with Crippen molar-refractivity contribution in [1.29, 1.82) is 0 Å². The van der Waals surface area contributed by atoms with Gasteiger partial charge in [-0.2, -0.15) is 0 Å². The van der Waals surface area contributed by atoms with Gasteiger partial charge in [-0.05, 0) is 23.8 Å². The Labute approximate surface area is 186 Å². The average Bonchev–Trinajstić information content (AvgIpc) is 3.38. The minimum absolute atomic E-state index is 0.0423. The molecule has 162 valence electrons. The number of aliphatic hydroxyl groups excluding tert-OH is 1. The number of pyridine rings is 1. The molecule has 1 unspecified atom stereocenters. The van der Waals surface area contributed by atoms with E-state index in [1.807, 2.05) is 0 Å². The lowest BCUT2D eigenvalue weighted by atomic mass is 9.96. The Kier molecular flexibility index (Phi) is 4.67. The van der Waals surface area contributed by atoms with E-state index in [9.17, 15) is 24.8 Å². The van der Waals surface area contributed by atoms with Crippen molar-refractivity contribution in [2.75, 3.05) is 4.90 Å². The molecule has 3 heterocycles. The molecule has 1 atom stereocenters. The van der Waals surface area contributed by atoms with E-state index in [1.165, 1.54) is 35.5 Å². The summed E-state index contributed by atoms with van der Waals surface area (Å²) >= 11 is 0. The quantitative estimate of drug-likeness (QED) is 0.162. The maximum atomic E-state index is 13.1. The third-order valence-corrected chi connectivity index (χ3v) is 5.38. The third kappa shape index (κ3) is 3.30. The number of carbonyl (C=O) groups excluding carboxylic acids is 2. The number of Topliss-reactive ketones (excluding diaryl/α,β-unsaturated/α-hetero) is 1. The maximum Gasteiger partial charge on any atom is 0.302 e. The molecule has 0 spiro atoms. The summed E-state index contributed by atoms with van der Waals surface area (Å²) in [5.41, 5.74) is 1.29. The molecule has 2 N–H and O–H groups in total. The molecule has 1 aliphatic rings. The molecule has 0 bridgehead atoms. The minimum atomic E-state index is -1.04. The number of fused-ring (bicyclic) bond motifs is 1. The summed E-state index contributed by atoms with van der Waals surface area (Å²) in [6, 6.07) is 14.6. The number of aromatic amines is 1. The van der Waals surface area contributed by atoms with Crippen LogP contribution in [0.4, 0.5) is 11.6 Å². The van der Waals surface area contributed by atoms with Gasteiger partial charge in [0.2, 0.25) is 5.95 Å². The standard InChI is InChI=1S/C23H15N5O5/c29-20(13-5-3-7-15(11-13)28(32)33)18-19(14-6-4-10-24-12-14)27(22(31)21(18)30)23-25-16-8-1-2-9-17(16)26-23/h1-12,19,29H,(H,25,26)/b20-18+. The lowest BCUT2D eigenvalue weighted by Gasteiger charge is -2.22. The number of nitro benzene ring substituents is 1. The van der Waals surface area contributed by atoms with E-state index in [2.05, 4.69) is 15.0 Å². The Balaban J connectivity index is 1.73. The van der Waals surface area contributed by atoms with Gasteiger partial charge in [-0.1, -0.05) is 30.3 Å². The number of hydrogen-bond acceptors (Lipinski definition) is 7. The number of H-pyrrole nitrogens is 1. The molecule has 0 radical (unpaired) electrons. The van der Waals surface area contributed by atoms with Crippen LogP contribution in [0.15, 0.2) is 78.6 Å². The number of imidazole rings is 1. The Morgan fingerprint density at radius 1 is 1.09 bits per heavy atom. The number of hydrogen-bond donors (Lipinski definition) is 2. The summed E-state index contributed by atoms with van der Waals surface area (Å²) in [5, 5.41) is 22.2. The number of rotatable bonds is 4. The molecule has 10 heteroatoms. The number of nitrogens with one attached hydrogen (secondary N) is 1. The fraction of sp³-hybridized carbons (Fsp3) is 0.0435. The Morgan fingerprint density at radius 3 is 2.64 bits per heavy atom. The lowest BCUT2D eigenvalue weighted by molar-refractivity contribution is -0.384. The zero-order valence-corrected chi connectivity index (χ0v) is 16.9. The summed E-state index contributed by atoms with van der Waals surface area (Å²) in [5.74, 6) is -2.22. The van der Waals surface area contributed by atoms with Crippen molar-refractivity contribution in [3.05, 3.63) is 99.9 Å².